The van der Waals surface area contributed by atoms with Gasteiger partial charge in [0.15, 0.2) is 0 Å². The van der Waals surface area contributed by atoms with Crippen molar-refractivity contribution in [2.75, 3.05) is 13.1 Å². The van der Waals surface area contributed by atoms with Crippen LogP contribution in [0.2, 0.25) is 5.15 Å². The highest BCUT2D eigenvalue weighted by molar-refractivity contribution is 6.30. The summed E-state index contributed by atoms with van der Waals surface area (Å²) in [4.78, 5) is 2.34. The minimum Gasteiger partial charge on any atom is -0.393 e. The number of hydrogen-bond acceptors (Lipinski definition) is 3. The van der Waals surface area contributed by atoms with Gasteiger partial charge in [-0.05, 0) is 32.7 Å². The van der Waals surface area contributed by atoms with Gasteiger partial charge in [0.1, 0.15) is 5.15 Å². The van der Waals surface area contributed by atoms with Crippen LogP contribution in [0.15, 0.2) is 0 Å². The van der Waals surface area contributed by atoms with E-state index in [4.69, 9.17) is 11.6 Å². The largest absolute Gasteiger partial charge is 0.393 e. The van der Waals surface area contributed by atoms with Gasteiger partial charge in [-0.3, -0.25) is 9.58 Å². The molecule has 17 heavy (non-hydrogen) atoms. The third kappa shape index (κ3) is 2.64. The van der Waals surface area contributed by atoms with Crippen molar-refractivity contribution < 1.29 is 5.11 Å². The molecule has 5 heteroatoms. The van der Waals surface area contributed by atoms with E-state index in [0.29, 0.717) is 5.92 Å². The molecule has 1 aliphatic heterocycles. The van der Waals surface area contributed by atoms with Crippen LogP contribution in [-0.4, -0.2) is 39.0 Å². The van der Waals surface area contributed by atoms with E-state index in [1.165, 1.54) is 0 Å². The molecule has 2 unspecified atom stereocenters. The predicted molar refractivity (Wildman–Crippen MR) is 68.0 cm³/mol. The van der Waals surface area contributed by atoms with Crippen LogP contribution in [-0.2, 0) is 13.6 Å². The molecule has 2 rings (SSSR count). The highest BCUT2D eigenvalue weighted by atomic mass is 35.5. The second kappa shape index (κ2) is 4.96. The summed E-state index contributed by atoms with van der Waals surface area (Å²) in [6, 6.07) is 0. The third-order valence-corrected chi connectivity index (χ3v) is 4.12. The lowest BCUT2D eigenvalue weighted by Gasteiger charge is -2.17. The molecule has 0 aliphatic carbocycles. The highest BCUT2D eigenvalue weighted by Gasteiger charge is 2.27. The first-order chi connectivity index (χ1) is 7.99. The van der Waals surface area contributed by atoms with Crippen LogP contribution in [0.4, 0.5) is 0 Å². The average Bonchev–Trinajstić information content (AvgIpc) is 2.80. The topological polar surface area (TPSA) is 41.3 Å². The molecule has 96 valence electrons. The molecule has 0 amide bonds. The number of nitrogens with zero attached hydrogens (tertiary/aromatic N) is 3. The molecule has 0 saturated carbocycles. The number of aliphatic hydroxyl groups excluding tert-OH is 1. The second-order valence-electron chi connectivity index (χ2n) is 5.00. The Bertz CT molecular complexity index is 403. The molecule has 2 heterocycles. The Balaban J connectivity index is 2.03. The van der Waals surface area contributed by atoms with Crippen molar-refractivity contribution in [1.82, 2.24) is 14.7 Å². The summed E-state index contributed by atoms with van der Waals surface area (Å²) in [6.45, 7) is 6.67. The van der Waals surface area contributed by atoms with Crippen molar-refractivity contribution >= 4 is 11.6 Å². The molecule has 0 spiro atoms. The van der Waals surface area contributed by atoms with Crippen molar-refractivity contribution in [2.45, 2.75) is 32.9 Å². The maximum Gasteiger partial charge on any atom is 0.131 e. The fraction of sp³-hybridized carbons (Fsp3) is 0.750. The summed E-state index contributed by atoms with van der Waals surface area (Å²) < 4.78 is 1.72. The molecule has 2 atom stereocenters. The molecule has 1 aliphatic rings. The van der Waals surface area contributed by atoms with Gasteiger partial charge in [0.25, 0.3) is 0 Å². The quantitative estimate of drug-likeness (QED) is 0.894. The molecule has 0 radical (unpaired) electrons. The lowest BCUT2D eigenvalue weighted by atomic mass is 10.0. The summed E-state index contributed by atoms with van der Waals surface area (Å²) >= 11 is 6.22. The Morgan fingerprint density at radius 3 is 2.76 bits per heavy atom. The summed E-state index contributed by atoms with van der Waals surface area (Å²) in [5, 5.41) is 14.6. The molecule has 0 aromatic carbocycles. The Kier molecular flexibility index (Phi) is 3.76. The van der Waals surface area contributed by atoms with E-state index >= 15 is 0 Å². The van der Waals surface area contributed by atoms with E-state index in [0.717, 1.165) is 42.5 Å². The molecule has 1 aromatic rings. The number of aliphatic hydroxyl groups is 1. The molecule has 4 nitrogen and oxygen atoms in total. The van der Waals surface area contributed by atoms with Gasteiger partial charge in [0.05, 0.1) is 11.8 Å². The average molecular weight is 258 g/mol. The number of rotatable bonds is 3. The smallest absolute Gasteiger partial charge is 0.131 e. The zero-order valence-electron chi connectivity index (χ0n) is 10.6. The minimum atomic E-state index is -0.217. The van der Waals surface area contributed by atoms with E-state index in [9.17, 15) is 5.11 Å². The molecule has 1 aromatic heterocycles. The van der Waals surface area contributed by atoms with E-state index < -0.39 is 0 Å². The Morgan fingerprint density at radius 1 is 1.59 bits per heavy atom. The van der Waals surface area contributed by atoms with Gasteiger partial charge in [-0.1, -0.05) is 11.6 Å². The summed E-state index contributed by atoms with van der Waals surface area (Å²) in [7, 11) is 1.86. The van der Waals surface area contributed by atoms with Crippen molar-refractivity contribution in [1.29, 1.82) is 0 Å². The van der Waals surface area contributed by atoms with Gasteiger partial charge in [-0.25, -0.2) is 0 Å². The lowest BCUT2D eigenvalue weighted by Crippen LogP contribution is -2.24. The molecule has 1 N–H and O–H groups in total. The van der Waals surface area contributed by atoms with Crippen molar-refractivity contribution in [3.63, 3.8) is 0 Å². The SMILES string of the molecule is Cc1nn(C)c(Cl)c1CN1CCC(C(C)O)C1. The number of aromatic nitrogens is 2. The minimum absolute atomic E-state index is 0.217. The van der Waals surface area contributed by atoms with Gasteiger partial charge >= 0.3 is 0 Å². The zero-order valence-corrected chi connectivity index (χ0v) is 11.4. The van der Waals surface area contributed by atoms with Gasteiger partial charge in [-0.2, -0.15) is 5.10 Å². The van der Waals surface area contributed by atoms with E-state index in [1.54, 1.807) is 4.68 Å². The maximum absolute atomic E-state index is 9.58. The highest BCUT2D eigenvalue weighted by Crippen LogP contribution is 2.25. The van der Waals surface area contributed by atoms with E-state index in [-0.39, 0.29) is 6.10 Å². The third-order valence-electron chi connectivity index (χ3n) is 3.64. The Morgan fingerprint density at radius 2 is 2.29 bits per heavy atom. The van der Waals surface area contributed by atoms with E-state index in [2.05, 4.69) is 10.00 Å². The Hall–Kier alpha value is -0.580. The molecule has 1 fully saturated rings. The monoisotopic (exact) mass is 257 g/mol. The van der Waals surface area contributed by atoms with Crippen LogP contribution in [0.1, 0.15) is 24.6 Å². The van der Waals surface area contributed by atoms with Gasteiger partial charge < -0.3 is 5.11 Å². The van der Waals surface area contributed by atoms with Gasteiger partial charge in [0, 0.05) is 25.7 Å². The van der Waals surface area contributed by atoms with Crippen molar-refractivity contribution in [3.05, 3.63) is 16.4 Å². The number of hydrogen-bond donors (Lipinski definition) is 1. The number of halogens is 1. The summed E-state index contributed by atoms with van der Waals surface area (Å²) in [5.41, 5.74) is 2.11. The molecular formula is C12H20ClN3O. The number of aryl methyl sites for hydroxylation is 2. The van der Waals surface area contributed by atoms with Gasteiger partial charge in [-0.15, -0.1) is 0 Å². The fourth-order valence-corrected chi connectivity index (χ4v) is 2.71. The van der Waals surface area contributed by atoms with Crippen LogP contribution < -0.4 is 0 Å². The fourth-order valence-electron chi connectivity index (χ4n) is 2.48. The second-order valence-corrected chi connectivity index (χ2v) is 5.36. The van der Waals surface area contributed by atoms with Crippen LogP contribution >= 0.6 is 11.6 Å². The zero-order chi connectivity index (χ0) is 12.6. The van der Waals surface area contributed by atoms with Crippen LogP contribution in [0.25, 0.3) is 0 Å². The van der Waals surface area contributed by atoms with Crippen molar-refractivity contribution in [2.24, 2.45) is 13.0 Å². The number of likely N-dealkylation sites (tertiary alicyclic amines) is 1. The van der Waals surface area contributed by atoms with Crippen LogP contribution in [0.5, 0.6) is 0 Å². The normalized spacial score (nSPS) is 23.2. The molecular weight excluding hydrogens is 238 g/mol. The first-order valence-electron chi connectivity index (χ1n) is 6.07. The molecule has 0 bridgehead atoms. The Labute approximate surface area is 107 Å². The standard InChI is InChI=1S/C12H20ClN3O/c1-8-11(12(13)15(3)14-8)7-16-5-4-10(6-16)9(2)17/h9-10,17H,4-7H2,1-3H3. The maximum atomic E-state index is 9.58. The van der Waals surface area contributed by atoms with Crippen molar-refractivity contribution in [3.8, 4) is 0 Å². The summed E-state index contributed by atoms with van der Waals surface area (Å²) in [6.07, 6.45) is 0.847. The predicted octanol–water partition coefficient (Wildman–Crippen LogP) is 1.58. The first kappa shape index (κ1) is 12.9. The van der Waals surface area contributed by atoms with Crippen LogP contribution in [0.3, 0.4) is 0 Å². The first-order valence-corrected chi connectivity index (χ1v) is 6.45. The summed E-state index contributed by atoms with van der Waals surface area (Å²) in [5.74, 6) is 0.394. The molecule has 1 saturated heterocycles. The van der Waals surface area contributed by atoms with Crippen LogP contribution in [0, 0.1) is 12.8 Å². The van der Waals surface area contributed by atoms with Gasteiger partial charge in [0.2, 0.25) is 0 Å². The van der Waals surface area contributed by atoms with E-state index in [1.807, 2.05) is 20.9 Å². The lowest BCUT2D eigenvalue weighted by molar-refractivity contribution is 0.127.